The van der Waals surface area contributed by atoms with E-state index in [9.17, 15) is 0 Å². The Balaban J connectivity index is 2.25. The normalized spacial score (nSPS) is 19.2. The lowest BCUT2D eigenvalue weighted by atomic mass is 9.67. The fourth-order valence-electron chi connectivity index (χ4n) is 3.14. The van der Waals surface area contributed by atoms with Crippen LogP contribution in [0.4, 0.5) is 0 Å². The van der Waals surface area contributed by atoms with Crippen LogP contribution < -0.4 is 5.32 Å². The van der Waals surface area contributed by atoms with Gasteiger partial charge in [-0.2, -0.15) is 0 Å². The summed E-state index contributed by atoms with van der Waals surface area (Å²) in [5, 5.41) is 3.34. The van der Waals surface area contributed by atoms with Crippen molar-refractivity contribution in [1.82, 2.24) is 5.32 Å². The van der Waals surface area contributed by atoms with E-state index in [2.05, 4.69) is 50.4 Å². The first-order chi connectivity index (χ1) is 9.14. The summed E-state index contributed by atoms with van der Waals surface area (Å²) in [6, 6.07) is 9.20. The van der Waals surface area contributed by atoms with Crippen molar-refractivity contribution < 1.29 is 4.74 Å². The Labute approximate surface area is 117 Å². The average molecular weight is 261 g/mol. The zero-order valence-corrected chi connectivity index (χ0v) is 12.7. The Hall–Kier alpha value is -0.860. The van der Waals surface area contributed by atoms with Crippen molar-refractivity contribution >= 4 is 0 Å². The van der Waals surface area contributed by atoms with Crippen LogP contribution in [-0.2, 0) is 10.2 Å². The fourth-order valence-corrected chi connectivity index (χ4v) is 3.14. The maximum atomic E-state index is 5.57. The summed E-state index contributed by atoms with van der Waals surface area (Å²) >= 11 is 0. The summed E-state index contributed by atoms with van der Waals surface area (Å²) in [4.78, 5) is 0. The second-order valence-corrected chi connectivity index (χ2v) is 6.09. The monoisotopic (exact) mass is 261 g/mol. The third-order valence-electron chi connectivity index (χ3n) is 4.60. The van der Waals surface area contributed by atoms with Crippen LogP contribution in [0, 0.1) is 5.92 Å². The second-order valence-electron chi connectivity index (χ2n) is 6.09. The van der Waals surface area contributed by atoms with Crippen molar-refractivity contribution in [2.24, 2.45) is 5.92 Å². The van der Waals surface area contributed by atoms with Crippen LogP contribution in [0.5, 0.6) is 0 Å². The number of nitrogens with one attached hydrogen (secondary N) is 1. The molecule has 2 heteroatoms. The molecule has 0 aromatic heterocycles. The van der Waals surface area contributed by atoms with Gasteiger partial charge in [-0.15, -0.1) is 0 Å². The lowest BCUT2D eigenvalue weighted by Gasteiger charge is -2.47. The molecule has 1 aromatic carbocycles. The van der Waals surface area contributed by atoms with E-state index < -0.39 is 0 Å². The van der Waals surface area contributed by atoms with Crippen molar-refractivity contribution in [1.29, 1.82) is 0 Å². The van der Waals surface area contributed by atoms with Crippen molar-refractivity contribution in [2.45, 2.75) is 38.5 Å². The van der Waals surface area contributed by atoms with Crippen LogP contribution in [0.3, 0.4) is 0 Å². The van der Waals surface area contributed by atoms with E-state index >= 15 is 0 Å². The largest absolute Gasteiger partial charge is 0.379 e. The van der Waals surface area contributed by atoms with Gasteiger partial charge >= 0.3 is 0 Å². The van der Waals surface area contributed by atoms with Crippen LogP contribution in [0.2, 0.25) is 0 Å². The topological polar surface area (TPSA) is 21.3 Å². The molecule has 1 aromatic rings. The van der Waals surface area contributed by atoms with Crippen LogP contribution in [0.15, 0.2) is 24.3 Å². The molecule has 1 atom stereocenters. The van der Waals surface area contributed by atoms with Crippen LogP contribution in [-0.4, -0.2) is 26.8 Å². The first-order valence-corrected chi connectivity index (χ1v) is 7.47. The molecular formula is C17H27NO. The molecule has 2 nitrogen and oxygen atoms in total. The van der Waals surface area contributed by atoms with Crippen molar-refractivity contribution in [3.05, 3.63) is 35.4 Å². The molecule has 0 spiro atoms. The maximum absolute atomic E-state index is 5.57. The number of ether oxygens (including phenoxy) is 1. The second kappa shape index (κ2) is 6.06. The molecule has 106 valence electrons. The third-order valence-corrected chi connectivity index (χ3v) is 4.60. The van der Waals surface area contributed by atoms with E-state index in [-0.39, 0.29) is 5.41 Å². The highest BCUT2D eigenvalue weighted by atomic mass is 16.5. The summed E-state index contributed by atoms with van der Waals surface area (Å²) < 4.78 is 5.57. The van der Waals surface area contributed by atoms with E-state index in [0.717, 1.165) is 19.8 Å². The van der Waals surface area contributed by atoms with Crippen LogP contribution >= 0.6 is 0 Å². The highest BCUT2D eigenvalue weighted by molar-refractivity contribution is 5.33. The van der Waals surface area contributed by atoms with Crippen molar-refractivity contribution in [3.63, 3.8) is 0 Å². The summed E-state index contributed by atoms with van der Waals surface area (Å²) in [7, 11) is 2.04. The minimum absolute atomic E-state index is 0.229. The molecule has 0 saturated carbocycles. The quantitative estimate of drug-likeness (QED) is 0.848. The van der Waals surface area contributed by atoms with E-state index in [1.54, 1.807) is 0 Å². The highest BCUT2D eigenvalue weighted by Gasteiger charge is 2.45. The van der Waals surface area contributed by atoms with Crippen LogP contribution in [0.25, 0.3) is 0 Å². The van der Waals surface area contributed by atoms with Gasteiger partial charge in [-0.1, -0.05) is 51.5 Å². The van der Waals surface area contributed by atoms with Gasteiger partial charge in [-0.3, -0.25) is 0 Å². The molecular weight excluding hydrogens is 234 g/mol. The van der Waals surface area contributed by atoms with E-state index in [4.69, 9.17) is 4.74 Å². The SMILES string of the molecule is CCC(CNC)C1(c2ccc(C(C)C)cc2)COC1. The van der Waals surface area contributed by atoms with E-state index in [1.807, 2.05) is 7.05 Å². The first kappa shape index (κ1) is 14.5. The molecule has 1 unspecified atom stereocenters. The van der Waals surface area contributed by atoms with E-state index in [1.165, 1.54) is 17.5 Å². The first-order valence-electron chi connectivity index (χ1n) is 7.47. The number of hydrogen-bond donors (Lipinski definition) is 1. The Morgan fingerprint density at radius 3 is 2.21 bits per heavy atom. The standard InChI is InChI=1S/C17H27NO/c1-5-15(10-18-4)17(11-19-12-17)16-8-6-14(7-9-16)13(2)3/h6-9,13,15,18H,5,10-12H2,1-4H3. The number of rotatable bonds is 6. The zero-order valence-electron chi connectivity index (χ0n) is 12.7. The maximum Gasteiger partial charge on any atom is 0.0588 e. The summed E-state index contributed by atoms with van der Waals surface area (Å²) in [5.74, 6) is 1.25. The molecule has 2 rings (SSSR count). The van der Waals surface area contributed by atoms with Gasteiger partial charge in [0, 0.05) is 5.41 Å². The van der Waals surface area contributed by atoms with Gasteiger partial charge < -0.3 is 10.1 Å². The lowest BCUT2D eigenvalue weighted by molar-refractivity contribution is -0.0909. The van der Waals surface area contributed by atoms with Gasteiger partial charge in [0.1, 0.15) is 0 Å². The molecule has 1 aliphatic heterocycles. The van der Waals surface area contributed by atoms with Crippen LogP contribution in [0.1, 0.15) is 44.2 Å². The Morgan fingerprint density at radius 1 is 1.21 bits per heavy atom. The van der Waals surface area contributed by atoms with Crippen molar-refractivity contribution in [2.75, 3.05) is 26.8 Å². The predicted octanol–water partition coefficient (Wildman–Crippen LogP) is 3.32. The van der Waals surface area contributed by atoms with Gasteiger partial charge in [0.15, 0.2) is 0 Å². The molecule has 0 aliphatic carbocycles. The summed E-state index contributed by atoms with van der Waals surface area (Å²) in [6.45, 7) is 9.57. The Kier molecular flexibility index (Phi) is 4.64. The fraction of sp³-hybridized carbons (Fsp3) is 0.647. The number of benzene rings is 1. The van der Waals surface area contributed by atoms with Gasteiger partial charge in [0.25, 0.3) is 0 Å². The predicted molar refractivity (Wildman–Crippen MR) is 80.7 cm³/mol. The molecule has 1 aliphatic rings. The molecule has 1 heterocycles. The third kappa shape index (κ3) is 2.70. The zero-order chi connectivity index (χ0) is 13.9. The number of hydrogen-bond acceptors (Lipinski definition) is 2. The molecule has 1 saturated heterocycles. The molecule has 1 N–H and O–H groups in total. The van der Waals surface area contributed by atoms with Gasteiger partial charge in [-0.05, 0) is 36.6 Å². The van der Waals surface area contributed by atoms with Crippen molar-refractivity contribution in [3.8, 4) is 0 Å². The Bertz CT molecular complexity index is 392. The Morgan fingerprint density at radius 2 is 1.84 bits per heavy atom. The van der Waals surface area contributed by atoms with Gasteiger partial charge in [-0.25, -0.2) is 0 Å². The molecule has 0 radical (unpaired) electrons. The van der Waals surface area contributed by atoms with Gasteiger partial charge in [0.2, 0.25) is 0 Å². The smallest absolute Gasteiger partial charge is 0.0588 e. The van der Waals surface area contributed by atoms with E-state index in [0.29, 0.717) is 11.8 Å². The molecule has 1 fully saturated rings. The molecule has 0 bridgehead atoms. The minimum atomic E-state index is 0.229. The molecule has 0 amide bonds. The van der Waals surface area contributed by atoms with Gasteiger partial charge in [0.05, 0.1) is 13.2 Å². The summed E-state index contributed by atoms with van der Waals surface area (Å²) in [6.07, 6.45) is 1.19. The minimum Gasteiger partial charge on any atom is -0.379 e. The molecule has 19 heavy (non-hydrogen) atoms. The lowest BCUT2D eigenvalue weighted by Crippen LogP contribution is -2.54. The summed E-state index contributed by atoms with van der Waals surface area (Å²) in [5.41, 5.74) is 3.10. The average Bonchev–Trinajstić information content (AvgIpc) is 2.37. The highest BCUT2D eigenvalue weighted by Crippen LogP contribution is 2.41.